The summed E-state index contributed by atoms with van der Waals surface area (Å²) in [4.78, 5) is 25.8. The number of hydrogen-bond donors (Lipinski definition) is 1. The first-order valence-electron chi connectivity index (χ1n) is 8.14. The van der Waals surface area contributed by atoms with Gasteiger partial charge in [0.05, 0.1) is 29.1 Å². The molecule has 0 saturated carbocycles. The molecule has 3 aromatic rings. The fourth-order valence-electron chi connectivity index (χ4n) is 2.56. The van der Waals surface area contributed by atoms with Crippen LogP contribution in [0.5, 0.6) is 5.75 Å². The normalized spacial score (nSPS) is 10.7. The van der Waals surface area contributed by atoms with Crippen LogP contribution < -0.4 is 10.3 Å². The van der Waals surface area contributed by atoms with E-state index in [1.54, 1.807) is 42.3 Å². The lowest BCUT2D eigenvalue weighted by molar-refractivity contribution is -0.129. The number of likely N-dealkylation sites (N-methyl/N-ethyl adjacent to an activating group) is 1. The topological polar surface area (TPSA) is 75.3 Å². The second kappa shape index (κ2) is 8.01. The van der Waals surface area contributed by atoms with Crippen LogP contribution >= 0.6 is 11.6 Å². The zero-order valence-electron chi connectivity index (χ0n) is 14.2. The molecule has 1 amide bonds. The lowest BCUT2D eigenvalue weighted by Gasteiger charge is -2.18. The summed E-state index contributed by atoms with van der Waals surface area (Å²) >= 11 is 6.03. The van der Waals surface area contributed by atoms with Crippen LogP contribution in [0.25, 0.3) is 10.8 Å². The number of nitrogens with zero attached hydrogens (tertiary/aromatic N) is 2. The molecule has 3 rings (SSSR count). The maximum atomic E-state index is 12.5. The smallest absolute Gasteiger partial charge is 0.272 e. The number of nitrogens with one attached hydrogen (secondary N) is 1. The van der Waals surface area contributed by atoms with Gasteiger partial charge >= 0.3 is 0 Å². The Balaban J connectivity index is 1.62. The Kier molecular flexibility index (Phi) is 5.53. The molecule has 0 spiro atoms. The van der Waals surface area contributed by atoms with Gasteiger partial charge in [0, 0.05) is 12.4 Å². The Morgan fingerprint density at radius 2 is 1.85 bits per heavy atom. The summed E-state index contributed by atoms with van der Waals surface area (Å²) in [6.07, 6.45) is 0.0971. The molecule has 0 saturated heterocycles. The average molecular weight is 372 g/mol. The third-order valence-corrected chi connectivity index (χ3v) is 4.35. The van der Waals surface area contributed by atoms with Crippen LogP contribution in [0, 0.1) is 0 Å². The molecule has 1 heterocycles. The molecule has 0 unspecified atom stereocenters. The number of aromatic nitrogens is 2. The van der Waals surface area contributed by atoms with Crippen LogP contribution in [0.4, 0.5) is 0 Å². The fraction of sp³-hybridized carbons (Fsp3) is 0.211. The van der Waals surface area contributed by atoms with Gasteiger partial charge in [-0.25, -0.2) is 5.10 Å². The zero-order valence-corrected chi connectivity index (χ0v) is 15.0. The van der Waals surface area contributed by atoms with Crippen molar-refractivity contribution in [1.29, 1.82) is 0 Å². The summed E-state index contributed by atoms with van der Waals surface area (Å²) in [6, 6.07) is 14.3. The second-order valence-corrected chi connectivity index (χ2v) is 6.22. The van der Waals surface area contributed by atoms with Gasteiger partial charge in [0.25, 0.3) is 5.56 Å². The molecule has 0 aliphatic rings. The van der Waals surface area contributed by atoms with Crippen LogP contribution in [0.1, 0.15) is 5.69 Å². The number of aromatic amines is 1. The number of H-pyrrole nitrogens is 1. The maximum Gasteiger partial charge on any atom is 0.272 e. The number of benzene rings is 2. The number of carbonyl (C=O) groups excluding carboxylic acids is 1. The van der Waals surface area contributed by atoms with Gasteiger partial charge in [-0.15, -0.1) is 0 Å². The molecule has 134 valence electrons. The summed E-state index contributed by atoms with van der Waals surface area (Å²) in [6.45, 7) is 0.733. The first kappa shape index (κ1) is 17.9. The van der Waals surface area contributed by atoms with Gasteiger partial charge in [0.2, 0.25) is 5.91 Å². The van der Waals surface area contributed by atoms with Crippen molar-refractivity contribution in [2.75, 3.05) is 20.2 Å². The second-order valence-electron chi connectivity index (χ2n) is 5.82. The molecule has 0 atom stereocenters. The molecule has 0 aliphatic heterocycles. The van der Waals surface area contributed by atoms with Gasteiger partial charge in [-0.05, 0) is 18.2 Å². The molecular weight excluding hydrogens is 354 g/mol. The van der Waals surface area contributed by atoms with E-state index in [-0.39, 0.29) is 17.9 Å². The highest BCUT2D eigenvalue weighted by Crippen LogP contribution is 2.22. The number of fused-ring (bicyclic) bond motifs is 1. The minimum atomic E-state index is -0.265. The first-order chi connectivity index (χ1) is 12.6. The summed E-state index contributed by atoms with van der Waals surface area (Å²) < 4.78 is 5.60. The number of para-hydroxylation sites is 1. The summed E-state index contributed by atoms with van der Waals surface area (Å²) in [7, 11) is 1.70. The number of halogens is 1. The van der Waals surface area contributed by atoms with Crippen molar-refractivity contribution in [3.63, 3.8) is 0 Å². The zero-order chi connectivity index (χ0) is 18.5. The molecule has 7 heteroatoms. The van der Waals surface area contributed by atoms with E-state index in [4.69, 9.17) is 16.3 Å². The van der Waals surface area contributed by atoms with Gasteiger partial charge in [0.1, 0.15) is 12.4 Å². The molecule has 1 aromatic heterocycles. The van der Waals surface area contributed by atoms with E-state index in [0.29, 0.717) is 40.4 Å². The van der Waals surface area contributed by atoms with E-state index in [1.165, 1.54) is 0 Å². The summed E-state index contributed by atoms with van der Waals surface area (Å²) in [5, 5.41) is 8.22. The van der Waals surface area contributed by atoms with E-state index in [2.05, 4.69) is 10.2 Å². The Hall–Kier alpha value is -2.86. The number of ether oxygens (including phenoxy) is 1. The van der Waals surface area contributed by atoms with Crippen molar-refractivity contribution in [3.05, 3.63) is 69.6 Å². The molecule has 26 heavy (non-hydrogen) atoms. The van der Waals surface area contributed by atoms with Crippen molar-refractivity contribution < 1.29 is 9.53 Å². The number of carbonyl (C=O) groups is 1. The predicted molar refractivity (Wildman–Crippen MR) is 101 cm³/mol. The van der Waals surface area contributed by atoms with E-state index < -0.39 is 0 Å². The molecular formula is C19H18ClN3O3. The maximum absolute atomic E-state index is 12.5. The van der Waals surface area contributed by atoms with E-state index in [1.807, 2.05) is 18.2 Å². The quantitative estimate of drug-likeness (QED) is 0.722. The first-order valence-corrected chi connectivity index (χ1v) is 8.51. The molecule has 0 radical (unpaired) electrons. The van der Waals surface area contributed by atoms with Crippen molar-refractivity contribution in [2.45, 2.75) is 6.42 Å². The standard InChI is InChI=1S/C19H18ClN3O3/c1-23(10-11-26-17-9-5-4-8-15(17)20)18(24)12-16-13-6-2-3-7-14(13)19(25)22-21-16/h2-9H,10-12H2,1H3,(H,22,25). The van der Waals surface area contributed by atoms with Crippen LogP contribution in [-0.4, -0.2) is 41.2 Å². The van der Waals surface area contributed by atoms with Crippen molar-refractivity contribution >= 4 is 28.3 Å². The van der Waals surface area contributed by atoms with Crippen molar-refractivity contribution in [3.8, 4) is 5.75 Å². The molecule has 0 aliphatic carbocycles. The van der Waals surface area contributed by atoms with Gasteiger partial charge in [0.15, 0.2) is 0 Å². The van der Waals surface area contributed by atoms with Crippen molar-refractivity contribution in [2.24, 2.45) is 0 Å². The highest BCUT2D eigenvalue weighted by Gasteiger charge is 2.14. The van der Waals surface area contributed by atoms with Crippen LogP contribution in [-0.2, 0) is 11.2 Å². The number of amides is 1. The average Bonchev–Trinajstić information content (AvgIpc) is 2.65. The minimum absolute atomic E-state index is 0.0971. The Morgan fingerprint density at radius 1 is 1.15 bits per heavy atom. The van der Waals surface area contributed by atoms with E-state index in [0.717, 1.165) is 0 Å². The molecule has 1 N–H and O–H groups in total. The monoisotopic (exact) mass is 371 g/mol. The molecule has 0 bridgehead atoms. The number of rotatable bonds is 6. The predicted octanol–water partition coefficient (Wildman–Crippen LogP) is 2.66. The highest BCUT2D eigenvalue weighted by atomic mass is 35.5. The highest BCUT2D eigenvalue weighted by molar-refractivity contribution is 6.32. The van der Waals surface area contributed by atoms with Gasteiger partial charge in [-0.2, -0.15) is 5.10 Å². The van der Waals surface area contributed by atoms with Gasteiger partial charge in [-0.3, -0.25) is 9.59 Å². The lowest BCUT2D eigenvalue weighted by Crippen LogP contribution is -2.32. The van der Waals surface area contributed by atoms with Gasteiger partial charge < -0.3 is 9.64 Å². The summed E-state index contributed by atoms with van der Waals surface area (Å²) in [5.41, 5.74) is 0.280. The lowest BCUT2D eigenvalue weighted by atomic mass is 10.1. The Labute approximate surface area is 155 Å². The largest absolute Gasteiger partial charge is 0.490 e. The van der Waals surface area contributed by atoms with Crippen LogP contribution in [0.2, 0.25) is 5.02 Å². The minimum Gasteiger partial charge on any atom is -0.490 e. The molecule has 2 aromatic carbocycles. The summed E-state index contributed by atoms with van der Waals surface area (Å²) in [5.74, 6) is 0.473. The van der Waals surface area contributed by atoms with E-state index >= 15 is 0 Å². The van der Waals surface area contributed by atoms with E-state index in [9.17, 15) is 9.59 Å². The van der Waals surface area contributed by atoms with Crippen LogP contribution in [0.3, 0.4) is 0 Å². The third-order valence-electron chi connectivity index (χ3n) is 4.04. The molecule has 0 fully saturated rings. The van der Waals surface area contributed by atoms with Gasteiger partial charge in [-0.1, -0.05) is 41.9 Å². The van der Waals surface area contributed by atoms with Crippen molar-refractivity contribution in [1.82, 2.24) is 15.1 Å². The molecule has 6 nitrogen and oxygen atoms in total. The Morgan fingerprint density at radius 3 is 2.62 bits per heavy atom. The van der Waals surface area contributed by atoms with Crippen LogP contribution in [0.15, 0.2) is 53.3 Å². The fourth-order valence-corrected chi connectivity index (χ4v) is 2.75. The SMILES string of the molecule is CN(CCOc1ccccc1Cl)C(=O)Cc1n[nH]c(=O)c2ccccc12. The Bertz CT molecular complexity index is 987. The third kappa shape index (κ3) is 4.03. The number of hydrogen-bond acceptors (Lipinski definition) is 4.